The van der Waals surface area contributed by atoms with Crippen LogP contribution in [0, 0.1) is 11.8 Å². The number of hydrogen-bond acceptors (Lipinski definition) is 3. The Kier molecular flexibility index (Phi) is 4.78. The number of nitrogens with zero attached hydrogens (tertiary/aromatic N) is 1. The number of anilines is 1. The van der Waals surface area contributed by atoms with Gasteiger partial charge >= 0.3 is 0 Å². The molecular weight excluding hydrogens is 331 g/mol. The van der Waals surface area contributed by atoms with Gasteiger partial charge in [0.1, 0.15) is 4.90 Å². The number of halogens is 2. The summed E-state index contributed by atoms with van der Waals surface area (Å²) in [4.78, 5) is -0.0401. The van der Waals surface area contributed by atoms with Crippen LogP contribution in [0.15, 0.2) is 17.0 Å². The molecule has 2 N–H and O–H groups in total. The van der Waals surface area contributed by atoms with Gasteiger partial charge in [0.15, 0.2) is 0 Å². The molecule has 0 aliphatic carbocycles. The first kappa shape index (κ1) is 16.9. The van der Waals surface area contributed by atoms with Gasteiger partial charge in [-0.05, 0) is 37.3 Å². The van der Waals surface area contributed by atoms with E-state index >= 15 is 0 Å². The Hall–Kier alpha value is -0.490. The van der Waals surface area contributed by atoms with E-state index in [0.717, 1.165) is 6.42 Å². The molecule has 1 aliphatic rings. The van der Waals surface area contributed by atoms with Crippen LogP contribution in [0.4, 0.5) is 5.69 Å². The Morgan fingerprint density at radius 1 is 1.24 bits per heavy atom. The van der Waals surface area contributed by atoms with Gasteiger partial charge < -0.3 is 5.73 Å². The maximum Gasteiger partial charge on any atom is 0.246 e. The van der Waals surface area contributed by atoms with Gasteiger partial charge in [0.05, 0.1) is 10.7 Å². The smallest absolute Gasteiger partial charge is 0.246 e. The van der Waals surface area contributed by atoms with Crippen LogP contribution in [0.2, 0.25) is 10.0 Å². The van der Waals surface area contributed by atoms with Gasteiger partial charge in [-0.3, -0.25) is 0 Å². The third-order valence-electron chi connectivity index (χ3n) is 4.15. The Morgan fingerprint density at radius 2 is 1.86 bits per heavy atom. The summed E-state index contributed by atoms with van der Waals surface area (Å²) in [5.41, 5.74) is 5.94. The molecule has 1 aromatic rings. The van der Waals surface area contributed by atoms with E-state index in [0.29, 0.717) is 17.5 Å². The summed E-state index contributed by atoms with van der Waals surface area (Å²) in [6, 6.07) is 2.74. The van der Waals surface area contributed by atoms with Gasteiger partial charge in [-0.25, -0.2) is 8.42 Å². The van der Waals surface area contributed by atoms with Crippen LogP contribution in [0.3, 0.4) is 0 Å². The summed E-state index contributed by atoms with van der Waals surface area (Å²) in [7, 11) is -3.74. The summed E-state index contributed by atoms with van der Waals surface area (Å²) in [5.74, 6) is 0.592. The molecule has 21 heavy (non-hydrogen) atoms. The van der Waals surface area contributed by atoms with E-state index in [-0.39, 0.29) is 27.6 Å². The maximum atomic E-state index is 13.0. The normalized spacial score (nSPS) is 27.8. The van der Waals surface area contributed by atoms with Crippen LogP contribution in [0.25, 0.3) is 0 Å². The van der Waals surface area contributed by atoms with Crippen molar-refractivity contribution in [1.82, 2.24) is 4.31 Å². The number of hydrogen-bond donors (Lipinski definition) is 1. The monoisotopic (exact) mass is 350 g/mol. The molecule has 1 saturated heterocycles. The molecule has 0 spiro atoms. The molecule has 0 bridgehead atoms. The Labute approximate surface area is 136 Å². The van der Waals surface area contributed by atoms with E-state index in [1.54, 1.807) is 0 Å². The average molecular weight is 351 g/mol. The summed E-state index contributed by atoms with van der Waals surface area (Å²) in [5, 5.41) is 0.392. The molecule has 0 aromatic heterocycles. The first-order valence-electron chi connectivity index (χ1n) is 6.91. The zero-order valence-corrected chi connectivity index (χ0v) is 14.6. The van der Waals surface area contributed by atoms with Crippen LogP contribution in [0.1, 0.15) is 27.2 Å². The summed E-state index contributed by atoms with van der Waals surface area (Å²) in [6.45, 7) is 6.52. The van der Waals surface area contributed by atoms with E-state index in [1.807, 2.05) is 6.92 Å². The first-order valence-corrected chi connectivity index (χ1v) is 9.10. The second-order valence-electron chi connectivity index (χ2n) is 5.94. The number of piperidine rings is 1. The van der Waals surface area contributed by atoms with Crippen molar-refractivity contribution in [3.63, 3.8) is 0 Å². The third kappa shape index (κ3) is 3.16. The van der Waals surface area contributed by atoms with Crippen LogP contribution in [0.5, 0.6) is 0 Å². The highest BCUT2D eigenvalue weighted by Crippen LogP contribution is 2.37. The fourth-order valence-corrected chi connectivity index (χ4v) is 5.74. The zero-order chi connectivity index (χ0) is 15.9. The van der Waals surface area contributed by atoms with Crippen molar-refractivity contribution >= 4 is 38.9 Å². The minimum Gasteiger partial charge on any atom is -0.398 e. The molecular formula is C14H20Cl2N2O2S. The lowest BCUT2D eigenvalue weighted by Crippen LogP contribution is -2.48. The molecule has 0 amide bonds. The van der Waals surface area contributed by atoms with E-state index in [4.69, 9.17) is 28.9 Å². The zero-order valence-electron chi connectivity index (χ0n) is 12.3. The van der Waals surface area contributed by atoms with E-state index in [1.165, 1.54) is 16.4 Å². The minimum atomic E-state index is -3.74. The lowest BCUT2D eigenvalue weighted by Gasteiger charge is -2.40. The molecule has 1 aliphatic heterocycles. The Balaban J connectivity index is 2.52. The standard InChI is InChI=1S/C14H20Cl2N2O2S/c1-8-4-9(2)10(3)18(7-8)21(19,20)14-12(16)5-11(15)6-13(14)17/h5-6,8-10H,4,7,17H2,1-3H3. The maximum absolute atomic E-state index is 13.0. The average Bonchev–Trinajstić information content (AvgIpc) is 2.31. The number of benzene rings is 1. The van der Waals surface area contributed by atoms with Crippen LogP contribution >= 0.6 is 23.2 Å². The van der Waals surface area contributed by atoms with Gasteiger partial charge in [-0.2, -0.15) is 4.31 Å². The Bertz CT molecular complexity index is 625. The van der Waals surface area contributed by atoms with Crippen molar-refractivity contribution < 1.29 is 8.42 Å². The van der Waals surface area contributed by atoms with E-state index in [2.05, 4.69) is 13.8 Å². The van der Waals surface area contributed by atoms with Gasteiger partial charge in [-0.15, -0.1) is 0 Å². The van der Waals surface area contributed by atoms with Crippen molar-refractivity contribution in [1.29, 1.82) is 0 Å². The molecule has 4 nitrogen and oxygen atoms in total. The largest absolute Gasteiger partial charge is 0.398 e. The lowest BCUT2D eigenvalue weighted by atomic mass is 9.88. The number of sulfonamides is 1. The van der Waals surface area contributed by atoms with Crippen molar-refractivity contribution in [3.05, 3.63) is 22.2 Å². The van der Waals surface area contributed by atoms with Gasteiger partial charge in [0, 0.05) is 17.6 Å². The van der Waals surface area contributed by atoms with Gasteiger partial charge in [0.2, 0.25) is 10.0 Å². The molecule has 0 saturated carbocycles. The predicted octanol–water partition coefficient (Wildman–Crippen LogP) is 3.63. The highest BCUT2D eigenvalue weighted by Gasteiger charge is 2.39. The van der Waals surface area contributed by atoms with Crippen molar-refractivity contribution in [2.45, 2.75) is 38.1 Å². The van der Waals surface area contributed by atoms with Crippen molar-refractivity contribution in [3.8, 4) is 0 Å². The van der Waals surface area contributed by atoms with Crippen molar-refractivity contribution in [2.75, 3.05) is 12.3 Å². The first-order chi connectivity index (χ1) is 9.64. The summed E-state index contributed by atoms with van der Waals surface area (Å²) < 4.78 is 27.4. The molecule has 7 heteroatoms. The van der Waals surface area contributed by atoms with Crippen LogP contribution in [-0.4, -0.2) is 25.3 Å². The molecule has 1 heterocycles. The van der Waals surface area contributed by atoms with E-state index in [9.17, 15) is 8.42 Å². The number of nitrogens with two attached hydrogens (primary N) is 1. The second kappa shape index (κ2) is 5.95. The summed E-state index contributed by atoms with van der Waals surface area (Å²) >= 11 is 11.9. The second-order valence-corrected chi connectivity index (χ2v) is 8.61. The third-order valence-corrected chi connectivity index (χ3v) is 6.85. The fourth-order valence-electron chi connectivity index (χ4n) is 2.95. The van der Waals surface area contributed by atoms with Gasteiger partial charge in [0.25, 0.3) is 0 Å². The summed E-state index contributed by atoms with van der Waals surface area (Å²) in [6.07, 6.45) is 1.01. The quantitative estimate of drug-likeness (QED) is 0.828. The fraction of sp³-hybridized carbons (Fsp3) is 0.571. The molecule has 118 valence electrons. The highest BCUT2D eigenvalue weighted by atomic mass is 35.5. The molecule has 3 atom stereocenters. The molecule has 2 rings (SSSR count). The molecule has 0 radical (unpaired) electrons. The molecule has 3 unspecified atom stereocenters. The molecule has 1 aromatic carbocycles. The van der Waals surface area contributed by atoms with Gasteiger partial charge in [-0.1, -0.05) is 37.0 Å². The van der Waals surface area contributed by atoms with Crippen LogP contribution in [-0.2, 0) is 10.0 Å². The van der Waals surface area contributed by atoms with E-state index < -0.39 is 10.0 Å². The SMILES string of the molecule is CC1CC(C)C(C)N(S(=O)(=O)c2c(N)cc(Cl)cc2Cl)C1. The van der Waals surface area contributed by atoms with Crippen molar-refractivity contribution in [2.24, 2.45) is 11.8 Å². The molecule has 1 fully saturated rings. The lowest BCUT2D eigenvalue weighted by molar-refractivity contribution is 0.157. The number of nitrogen functional groups attached to an aromatic ring is 1. The topological polar surface area (TPSA) is 63.4 Å². The minimum absolute atomic E-state index is 0.0401. The number of rotatable bonds is 2. The predicted molar refractivity (Wildman–Crippen MR) is 87.2 cm³/mol. The van der Waals surface area contributed by atoms with Crippen LogP contribution < -0.4 is 5.73 Å². The highest BCUT2D eigenvalue weighted by molar-refractivity contribution is 7.89. The Morgan fingerprint density at radius 3 is 2.43 bits per heavy atom.